The van der Waals surface area contributed by atoms with Crippen molar-refractivity contribution < 1.29 is 28.6 Å². The van der Waals surface area contributed by atoms with Gasteiger partial charge in [0.1, 0.15) is 29.2 Å². The Balaban J connectivity index is 1.44. The average Bonchev–Trinajstić information content (AvgIpc) is 3.63. The van der Waals surface area contributed by atoms with Gasteiger partial charge in [0.25, 0.3) is 5.78 Å². The predicted molar refractivity (Wildman–Crippen MR) is 156 cm³/mol. The molecule has 0 bridgehead atoms. The van der Waals surface area contributed by atoms with Crippen molar-refractivity contribution in [2.75, 3.05) is 11.5 Å². The molecule has 1 saturated heterocycles. The molecule has 1 aromatic heterocycles. The van der Waals surface area contributed by atoms with E-state index in [1.807, 2.05) is 6.92 Å². The number of rotatable bonds is 8. The number of unbranched alkanes of at least 4 members (excludes halogenated alkanes) is 2. The second-order valence-corrected chi connectivity index (χ2v) is 11.4. The number of Topliss-reactive ketones (excluding diaryl/α,β-unsaturated/α-hetero) is 1. The van der Waals surface area contributed by atoms with E-state index in [2.05, 4.69) is 11.9 Å². The van der Waals surface area contributed by atoms with E-state index in [0.29, 0.717) is 40.1 Å². The molecular formula is C32H29FN2O5S. The van der Waals surface area contributed by atoms with E-state index in [1.54, 1.807) is 42.5 Å². The number of aliphatic hydroxyl groups excluding tert-OH is 1. The molecule has 0 unspecified atom stereocenters. The maximum atomic E-state index is 13.9. The van der Waals surface area contributed by atoms with Crippen LogP contribution in [0.1, 0.15) is 55.8 Å². The lowest BCUT2D eigenvalue weighted by atomic mass is 9.94. The Hall–Kier alpha value is -4.24. The van der Waals surface area contributed by atoms with Crippen LogP contribution in [0, 0.1) is 5.82 Å². The summed E-state index contributed by atoms with van der Waals surface area (Å²) in [5.74, 6) is -0.912. The molecule has 3 heterocycles. The summed E-state index contributed by atoms with van der Waals surface area (Å²) < 4.78 is 26.1. The summed E-state index contributed by atoms with van der Waals surface area (Å²) in [4.78, 5) is 33.0. The molecule has 7 nitrogen and oxygen atoms in total. The fraction of sp³-hybridized carbons (Fsp3) is 0.281. The minimum atomic E-state index is -0.946. The van der Waals surface area contributed by atoms with E-state index in [4.69, 9.17) is 9.47 Å². The Bertz CT molecular complexity index is 1680. The van der Waals surface area contributed by atoms with Crippen molar-refractivity contribution in [1.29, 1.82) is 0 Å². The van der Waals surface area contributed by atoms with Crippen molar-refractivity contribution in [2.45, 2.75) is 51.7 Å². The number of fused-ring (bicyclic) bond motifs is 2. The van der Waals surface area contributed by atoms with Crippen molar-refractivity contribution in [3.63, 3.8) is 0 Å². The number of aromatic nitrogens is 1. The largest absolute Gasteiger partial charge is 0.507 e. The summed E-state index contributed by atoms with van der Waals surface area (Å²) in [5.41, 5.74) is 2.42. The van der Waals surface area contributed by atoms with Gasteiger partial charge in [-0.1, -0.05) is 43.2 Å². The summed E-state index contributed by atoms with van der Waals surface area (Å²) in [6.07, 6.45) is 3.80. The summed E-state index contributed by atoms with van der Waals surface area (Å²) >= 11 is 1.11. The number of aliphatic hydroxyl groups is 1. The van der Waals surface area contributed by atoms with Gasteiger partial charge in [-0.15, -0.1) is 0 Å². The molecule has 0 aliphatic carbocycles. The summed E-state index contributed by atoms with van der Waals surface area (Å²) in [5, 5.41) is 11.8. The van der Waals surface area contributed by atoms with Gasteiger partial charge in [0.15, 0.2) is 5.13 Å². The highest BCUT2D eigenvalue weighted by molar-refractivity contribution is 7.22. The van der Waals surface area contributed by atoms with Gasteiger partial charge in [-0.25, -0.2) is 9.37 Å². The van der Waals surface area contributed by atoms with Crippen LogP contribution in [0.3, 0.4) is 0 Å². The van der Waals surface area contributed by atoms with Gasteiger partial charge in [0, 0.05) is 12.0 Å². The third-order valence-corrected chi connectivity index (χ3v) is 8.39. The van der Waals surface area contributed by atoms with Crippen LogP contribution in [0.25, 0.3) is 16.0 Å². The van der Waals surface area contributed by atoms with Crippen LogP contribution in [-0.2, 0) is 16.0 Å². The minimum Gasteiger partial charge on any atom is -0.507 e. The van der Waals surface area contributed by atoms with E-state index in [-0.39, 0.29) is 22.6 Å². The van der Waals surface area contributed by atoms with Gasteiger partial charge in [0.2, 0.25) is 0 Å². The molecule has 4 aromatic rings. The monoisotopic (exact) mass is 572 g/mol. The Kier molecular flexibility index (Phi) is 7.21. The van der Waals surface area contributed by atoms with Gasteiger partial charge in [-0.2, -0.15) is 0 Å². The zero-order valence-corrected chi connectivity index (χ0v) is 23.5. The SMILES string of the molecule is CCCCCOc1ccc([C@H]2C(=C(O)c3ccc4c(c3)C[C@@H](C)O4)C(=O)C(=O)N2c2nc3ccc(F)cc3s2)cc1. The van der Waals surface area contributed by atoms with Crippen LogP contribution >= 0.6 is 11.3 Å². The number of ether oxygens (including phenoxy) is 2. The highest BCUT2D eigenvalue weighted by Gasteiger charge is 2.48. The first-order valence-corrected chi connectivity index (χ1v) is 14.6. The van der Waals surface area contributed by atoms with E-state index in [1.165, 1.54) is 23.1 Å². The number of halogens is 1. The number of amides is 1. The van der Waals surface area contributed by atoms with Crippen LogP contribution in [0.2, 0.25) is 0 Å². The van der Waals surface area contributed by atoms with Gasteiger partial charge >= 0.3 is 5.91 Å². The molecule has 6 rings (SSSR count). The molecule has 2 aliphatic rings. The first-order valence-electron chi connectivity index (χ1n) is 13.7. The molecule has 9 heteroatoms. The van der Waals surface area contributed by atoms with E-state index < -0.39 is 23.5 Å². The number of benzene rings is 3. The fourth-order valence-electron chi connectivity index (χ4n) is 5.35. The van der Waals surface area contributed by atoms with Crippen molar-refractivity contribution in [3.8, 4) is 11.5 Å². The third kappa shape index (κ3) is 5.06. The van der Waals surface area contributed by atoms with E-state index >= 15 is 0 Å². The summed E-state index contributed by atoms with van der Waals surface area (Å²) in [6.45, 7) is 4.69. The molecule has 2 atom stereocenters. The standard InChI is InChI=1S/C32H29FN2O5S/c1-3-4-5-14-39-23-10-6-19(7-11-23)28-27(29(36)20-8-13-25-21(16-20)15-18(2)40-25)30(37)31(38)35(28)32-34-24-12-9-22(33)17-26(24)41-32/h6-13,16-18,28,36H,3-5,14-15H2,1-2H3/t18-,28+/m1/s1. The molecule has 1 fully saturated rings. The Labute approximate surface area is 240 Å². The molecule has 3 aromatic carbocycles. The molecule has 1 amide bonds. The fourth-order valence-corrected chi connectivity index (χ4v) is 6.36. The number of ketones is 1. The maximum absolute atomic E-state index is 13.9. The van der Waals surface area contributed by atoms with Crippen molar-refractivity contribution in [2.24, 2.45) is 0 Å². The number of carbonyl (C=O) groups excluding carboxylic acids is 2. The number of hydrogen-bond donors (Lipinski definition) is 1. The second kappa shape index (κ2) is 11.0. The second-order valence-electron chi connectivity index (χ2n) is 10.4. The molecule has 0 spiro atoms. The topological polar surface area (TPSA) is 89.0 Å². The third-order valence-electron chi connectivity index (χ3n) is 7.37. The quantitative estimate of drug-likeness (QED) is 0.106. The molecule has 210 valence electrons. The highest BCUT2D eigenvalue weighted by atomic mass is 32.1. The van der Waals surface area contributed by atoms with Crippen molar-refractivity contribution in [1.82, 2.24) is 4.98 Å². The Morgan fingerprint density at radius 3 is 2.71 bits per heavy atom. The zero-order valence-electron chi connectivity index (χ0n) is 22.7. The number of anilines is 1. The molecule has 41 heavy (non-hydrogen) atoms. The molecular weight excluding hydrogens is 543 g/mol. The predicted octanol–water partition coefficient (Wildman–Crippen LogP) is 6.95. The maximum Gasteiger partial charge on any atom is 0.301 e. The van der Waals surface area contributed by atoms with Crippen LogP contribution in [0.4, 0.5) is 9.52 Å². The smallest absolute Gasteiger partial charge is 0.301 e. The minimum absolute atomic E-state index is 0.0135. The summed E-state index contributed by atoms with van der Waals surface area (Å²) in [6, 6.07) is 15.7. The van der Waals surface area contributed by atoms with Crippen LogP contribution in [-0.4, -0.2) is 34.5 Å². The zero-order chi connectivity index (χ0) is 28.7. The van der Waals surface area contributed by atoms with Crippen LogP contribution in [0.5, 0.6) is 11.5 Å². The van der Waals surface area contributed by atoms with Gasteiger partial charge in [-0.05, 0) is 73.0 Å². The lowest BCUT2D eigenvalue weighted by Gasteiger charge is -2.23. The van der Waals surface area contributed by atoms with Gasteiger partial charge in [0.05, 0.1) is 28.4 Å². The van der Waals surface area contributed by atoms with E-state index in [9.17, 15) is 19.1 Å². The molecule has 1 N–H and O–H groups in total. The van der Waals surface area contributed by atoms with Crippen LogP contribution < -0.4 is 14.4 Å². The lowest BCUT2D eigenvalue weighted by molar-refractivity contribution is -0.132. The van der Waals surface area contributed by atoms with E-state index in [0.717, 1.165) is 41.9 Å². The number of nitrogens with zero attached hydrogens (tertiary/aromatic N) is 2. The normalized spacial score (nSPS) is 19.5. The summed E-state index contributed by atoms with van der Waals surface area (Å²) in [7, 11) is 0. The van der Waals surface area contributed by atoms with Gasteiger partial charge < -0.3 is 14.6 Å². The molecule has 2 aliphatic heterocycles. The number of thiazole rings is 1. The van der Waals surface area contributed by atoms with Crippen LogP contribution in [0.15, 0.2) is 66.2 Å². The molecule has 0 saturated carbocycles. The lowest BCUT2D eigenvalue weighted by Crippen LogP contribution is -2.29. The Morgan fingerprint density at radius 1 is 1.12 bits per heavy atom. The Morgan fingerprint density at radius 2 is 1.93 bits per heavy atom. The average molecular weight is 573 g/mol. The highest BCUT2D eigenvalue weighted by Crippen LogP contribution is 2.45. The van der Waals surface area contributed by atoms with Crippen molar-refractivity contribution in [3.05, 3.63) is 88.7 Å². The molecule has 0 radical (unpaired) electrons. The first-order chi connectivity index (χ1) is 19.8. The van der Waals surface area contributed by atoms with Crippen molar-refractivity contribution >= 4 is 44.1 Å². The van der Waals surface area contributed by atoms with Gasteiger partial charge in [-0.3, -0.25) is 14.5 Å². The first kappa shape index (κ1) is 27.0. The number of hydrogen-bond acceptors (Lipinski definition) is 7. The number of carbonyl (C=O) groups is 2.